The summed E-state index contributed by atoms with van der Waals surface area (Å²) in [7, 11) is 0. The lowest BCUT2D eigenvalue weighted by Crippen LogP contribution is -2.10. The van der Waals surface area contributed by atoms with E-state index >= 15 is 0 Å². The number of nitrogens with one attached hydrogen (secondary N) is 1. The third-order valence-electron chi connectivity index (χ3n) is 4.07. The second-order valence-corrected chi connectivity index (χ2v) is 6.12. The highest BCUT2D eigenvalue weighted by Crippen LogP contribution is 2.36. The lowest BCUT2D eigenvalue weighted by molar-refractivity contribution is -0.140. The molecule has 1 aromatic carbocycles. The zero-order chi connectivity index (χ0) is 19.9. The first kappa shape index (κ1) is 17.9. The number of pyridine rings is 1. The fourth-order valence-electron chi connectivity index (χ4n) is 2.75. The number of halogens is 4. The van der Waals surface area contributed by atoms with Crippen molar-refractivity contribution in [3.63, 3.8) is 0 Å². The van der Waals surface area contributed by atoms with Gasteiger partial charge in [-0.15, -0.1) is 0 Å². The lowest BCUT2D eigenvalue weighted by atomic mass is 10.2. The lowest BCUT2D eigenvalue weighted by Gasteiger charge is -2.10. The molecular weight excluding hydrogens is 374 g/mol. The summed E-state index contributed by atoms with van der Waals surface area (Å²) in [4.78, 5) is 11.4. The average Bonchev–Trinajstić information content (AvgIpc) is 3.05. The third kappa shape index (κ3) is 3.26. The van der Waals surface area contributed by atoms with E-state index in [4.69, 9.17) is 0 Å². The molecule has 0 saturated heterocycles. The van der Waals surface area contributed by atoms with Gasteiger partial charge in [0.1, 0.15) is 11.3 Å². The van der Waals surface area contributed by atoms with Crippen LogP contribution in [0.25, 0.3) is 17.2 Å². The van der Waals surface area contributed by atoms with E-state index in [1.54, 1.807) is 24.3 Å². The smallest absolute Gasteiger partial charge is 0.338 e. The molecule has 0 aliphatic heterocycles. The Morgan fingerprint density at radius 2 is 1.75 bits per heavy atom. The van der Waals surface area contributed by atoms with Crippen LogP contribution in [-0.4, -0.2) is 19.4 Å². The molecule has 5 nitrogen and oxygen atoms in total. The summed E-state index contributed by atoms with van der Waals surface area (Å²) in [6, 6.07) is 11.6. The molecule has 142 valence electrons. The van der Waals surface area contributed by atoms with Crippen LogP contribution in [0.2, 0.25) is 0 Å². The Labute approximate surface area is 156 Å². The predicted octanol–water partition coefficient (Wildman–Crippen LogP) is 5.00. The van der Waals surface area contributed by atoms with Crippen LogP contribution in [0.5, 0.6) is 0 Å². The first-order valence-electron chi connectivity index (χ1n) is 8.24. The van der Waals surface area contributed by atoms with Crippen molar-refractivity contribution in [2.45, 2.75) is 13.1 Å². The van der Waals surface area contributed by atoms with Crippen molar-refractivity contribution in [1.82, 2.24) is 19.4 Å². The van der Waals surface area contributed by atoms with Gasteiger partial charge in [0.25, 0.3) is 0 Å². The molecule has 0 spiro atoms. The van der Waals surface area contributed by atoms with Crippen LogP contribution < -0.4 is 5.32 Å². The molecule has 0 amide bonds. The van der Waals surface area contributed by atoms with Crippen molar-refractivity contribution in [2.24, 2.45) is 0 Å². The minimum atomic E-state index is -4.72. The summed E-state index contributed by atoms with van der Waals surface area (Å²) in [5.74, 6) is -1.30. The molecule has 4 rings (SSSR count). The Morgan fingerprint density at radius 3 is 2.46 bits per heavy atom. The van der Waals surface area contributed by atoms with Gasteiger partial charge in [-0.2, -0.15) is 13.2 Å². The zero-order valence-corrected chi connectivity index (χ0v) is 14.5. The molecule has 0 atom stereocenters. The van der Waals surface area contributed by atoms with E-state index in [2.05, 4.69) is 20.3 Å². The molecule has 0 unspecified atom stereocenters. The zero-order valence-electron chi connectivity index (χ0n) is 14.5. The maximum absolute atomic E-state index is 14.2. The Hall–Kier alpha value is -3.49. The van der Waals surface area contributed by atoms with Crippen LogP contribution in [0, 0.1) is 12.7 Å². The van der Waals surface area contributed by atoms with Crippen molar-refractivity contribution in [3.8, 4) is 11.5 Å². The summed E-state index contributed by atoms with van der Waals surface area (Å²) < 4.78 is 56.0. The predicted molar refractivity (Wildman–Crippen MR) is 95.6 cm³/mol. The van der Waals surface area contributed by atoms with Gasteiger partial charge in [-0.25, -0.2) is 19.3 Å². The minimum absolute atomic E-state index is 0.0887. The molecule has 0 fully saturated rings. The second kappa shape index (κ2) is 6.59. The largest absolute Gasteiger partial charge is 0.435 e. The number of anilines is 2. The number of benzene rings is 1. The normalized spacial score (nSPS) is 11.8. The Bertz CT molecular complexity index is 1150. The maximum Gasteiger partial charge on any atom is 0.435 e. The number of hydrogen-bond acceptors (Lipinski definition) is 4. The molecular formula is C19H13F4N5. The van der Waals surface area contributed by atoms with E-state index in [-0.39, 0.29) is 23.0 Å². The monoisotopic (exact) mass is 387 g/mol. The van der Waals surface area contributed by atoms with Gasteiger partial charge >= 0.3 is 6.18 Å². The fourth-order valence-corrected chi connectivity index (χ4v) is 2.75. The SMILES string of the molecule is Cc1ccc(Nc2nc(-c3c(C(F)(F)F)nc4ccccn34)ncc2F)cc1. The summed E-state index contributed by atoms with van der Waals surface area (Å²) in [6.45, 7) is 1.90. The van der Waals surface area contributed by atoms with Gasteiger partial charge in [0.2, 0.25) is 0 Å². The van der Waals surface area contributed by atoms with Gasteiger partial charge in [-0.3, -0.25) is 4.40 Å². The molecule has 28 heavy (non-hydrogen) atoms. The number of imidazole rings is 1. The van der Waals surface area contributed by atoms with Crippen LogP contribution in [-0.2, 0) is 6.18 Å². The molecule has 1 N–H and O–H groups in total. The quantitative estimate of drug-likeness (QED) is 0.503. The Morgan fingerprint density at radius 1 is 1.00 bits per heavy atom. The number of alkyl halides is 3. The van der Waals surface area contributed by atoms with E-state index in [0.29, 0.717) is 5.69 Å². The molecule has 9 heteroatoms. The average molecular weight is 387 g/mol. The Kier molecular flexibility index (Phi) is 4.21. The first-order chi connectivity index (χ1) is 13.3. The Balaban J connectivity index is 1.85. The van der Waals surface area contributed by atoms with Gasteiger partial charge in [-0.05, 0) is 31.2 Å². The standard InChI is InChI=1S/C19H13F4N5/c1-11-5-7-12(8-6-11)25-17-13(20)10-24-18(27-17)15-16(19(21,22)23)26-14-4-2-3-9-28(14)15/h2-10H,1H3,(H,24,25,27). The molecule has 0 aliphatic rings. The molecule has 4 aromatic rings. The summed E-state index contributed by atoms with van der Waals surface area (Å²) in [6.07, 6.45) is -2.46. The van der Waals surface area contributed by atoms with E-state index in [1.807, 2.05) is 19.1 Å². The molecule has 0 saturated carbocycles. The third-order valence-corrected chi connectivity index (χ3v) is 4.07. The maximum atomic E-state index is 14.2. The topological polar surface area (TPSA) is 55.1 Å². The van der Waals surface area contributed by atoms with Crippen molar-refractivity contribution < 1.29 is 17.6 Å². The minimum Gasteiger partial charge on any atom is -0.338 e. The molecule has 0 aliphatic carbocycles. The molecule has 3 aromatic heterocycles. The van der Waals surface area contributed by atoms with Gasteiger partial charge in [0, 0.05) is 11.9 Å². The molecule has 3 heterocycles. The number of aromatic nitrogens is 4. The van der Waals surface area contributed by atoms with Crippen LogP contribution in [0.15, 0.2) is 54.9 Å². The number of rotatable bonds is 3. The van der Waals surface area contributed by atoms with E-state index < -0.39 is 17.7 Å². The van der Waals surface area contributed by atoms with Crippen molar-refractivity contribution in [3.05, 3.63) is 71.9 Å². The number of aryl methyl sites for hydroxylation is 1. The van der Waals surface area contributed by atoms with Crippen LogP contribution >= 0.6 is 0 Å². The first-order valence-corrected chi connectivity index (χ1v) is 8.24. The number of hydrogen-bond donors (Lipinski definition) is 1. The van der Waals surface area contributed by atoms with Crippen LogP contribution in [0.3, 0.4) is 0 Å². The molecule has 0 bridgehead atoms. The highest BCUT2D eigenvalue weighted by molar-refractivity contribution is 5.65. The summed E-state index contributed by atoms with van der Waals surface area (Å²) >= 11 is 0. The van der Waals surface area contributed by atoms with Crippen molar-refractivity contribution in [1.29, 1.82) is 0 Å². The van der Waals surface area contributed by atoms with Crippen molar-refractivity contribution in [2.75, 3.05) is 5.32 Å². The van der Waals surface area contributed by atoms with Gasteiger partial charge in [-0.1, -0.05) is 23.8 Å². The second-order valence-electron chi connectivity index (χ2n) is 6.12. The number of fused-ring (bicyclic) bond motifs is 1. The van der Waals surface area contributed by atoms with Crippen LogP contribution in [0.1, 0.15) is 11.3 Å². The summed E-state index contributed by atoms with van der Waals surface area (Å²) in [5.41, 5.74) is 0.158. The van der Waals surface area contributed by atoms with E-state index in [0.717, 1.165) is 11.8 Å². The van der Waals surface area contributed by atoms with Crippen LogP contribution in [0.4, 0.5) is 29.1 Å². The summed E-state index contributed by atoms with van der Waals surface area (Å²) in [5, 5.41) is 2.77. The number of nitrogens with zero attached hydrogens (tertiary/aromatic N) is 4. The van der Waals surface area contributed by atoms with Gasteiger partial charge in [0.05, 0.1) is 6.20 Å². The fraction of sp³-hybridized carbons (Fsp3) is 0.105. The van der Waals surface area contributed by atoms with Gasteiger partial charge in [0.15, 0.2) is 23.2 Å². The van der Waals surface area contributed by atoms with Gasteiger partial charge < -0.3 is 5.32 Å². The highest BCUT2D eigenvalue weighted by Gasteiger charge is 2.39. The van der Waals surface area contributed by atoms with E-state index in [1.165, 1.54) is 16.7 Å². The van der Waals surface area contributed by atoms with E-state index in [9.17, 15) is 17.6 Å². The molecule has 0 radical (unpaired) electrons. The van der Waals surface area contributed by atoms with Crippen molar-refractivity contribution >= 4 is 17.2 Å². The highest BCUT2D eigenvalue weighted by atomic mass is 19.4.